The summed E-state index contributed by atoms with van der Waals surface area (Å²) in [6.45, 7) is 5.54. The fourth-order valence-electron chi connectivity index (χ4n) is 1.42. The Morgan fingerprint density at radius 2 is 2.29 bits per heavy atom. The van der Waals surface area contributed by atoms with Crippen LogP contribution in [0.15, 0.2) is 18.5 Å². The van der Waals surface area contributed by atoms with Gasteiger partial charge in [0, 0.05) is 37.9 Å². The van der Waals surface area contributed by atoms with E-state index in [2.05, 4.69) is 10.4 Å². The first-order valence-electron chi connectivity index (χ1n) is 6.09. The summed E-state index contributed by atoms with van der Waals surface area (Å²) in [5.41, 5.74) is 5.82. The predicted molar refractivity (Wildman–Crippen MR) is 67.3 cm³/mol. The molecular weight excluding hydrogens is 216 g/mol. The lowest BCUT2D eigenvalue weighted by molar-refractivity contribution is -0.121. The number of amides is 1. The van der Waals surface area contributed by atoms with Gasteiger partial charge in [-0.3, -0.25) is 9.48 Å². The molecule has 1 unspecified atom stereocenters. The molecule has 17 heavy (non-hydrogen) atoms. The summed E-state index contributed by atoms with van der Waals surface area (Å²) in [6, 6.07) is 1.83. The Labute approximate surface area is 102 Å². The highest BCUT2D eigenvalue weighted by Crippen LogP contribution is 2.02. The van der Waals surface area contributed by atoms with Gasteiger partial charge in [0.25, 0.3) is 0 Å². The van der Waals surface area contributed by atoms with E-state index in [9.17, 15) is 4.79 Å². The molecule has 0 aliphatic carbocycles. The summed E-state index contributed by atoms with van der Waals surface area (Å²) >= 11 is 0. The van der Waals surface area contributed by atoms with Crippen molar-refractivity contribution < 1.29 is 4.79 Å². The average molecular weight is 238 g/mol. The lowest BCUT2D eigenvalue weighted by Gasteiger charge is -2.14. The van der Waals surface area contributed by atoms with Crippen LogP contribution in [0, 0.1) is 5.92 Å². The van der Waals surface area contributed by atoms with Crippen LogP contribution in [0.4, 0.5) is 0 Å². The quantitative estimate of drug-likeness (QED) is 0.689. The summed E-state index contributed by atoms with van der Waals surface area (Å²) in [7, 11) is 0. The third-order valence-electron chi connectivity index (χ3n) is 2.72. The van der Waals surface area contributed by atoms with E-state index >= 15 is 0 Å². The van der Waals surface area contributed by atoms with Crippen molar-refractivity contribution in [2.75, 3.05) is 6.54 Å². The molecule has 0 bridgehead atoms. The molecule has 0 spiro atoms. The first kappa shape index (κ1) is 13.7. The number of carbonyl (C=O) groups is 1. The van der Waals surface area contributed by atoms with Crippen molar-refractivity contribution >= 4 is 5.91 Å². The van der Waals surface area contributed by atoms with Crippen LogP contribution in [0.1, 0.15) is 26.7 Å². The highest BCUT2D eigenvalue weighted by molar-refractivity contribution is 5.76. The first-order valence-corrected chi connectivity index (χ1v) is 6.09. The molecule has 96 valence electrons. The number of aryl methyl sites for hydroxylation is 1. The topological polar surface area (TPSA) is 72.9 Å². The molecule has 1 amide bonds. The van der Waals surface area contributed by atoms with Gasteiger partial charge in [0.2, 0.25) is 5.91 Å². The number of hydrogen-bond acceptors (Lipinski definition) is 3. The molecule has 5 heteroatoms. The number of rotatable bonds is 7. The van der Waals surface area contributed by atoms with Gasteiger partial charge in [-0.15, -0.1) is 0 Å². The molecule has 1 aromatic heterocycles. The second kappa shape index (κ2) is 7.06. The summed E-state index contributed by atoms with van der Waals surface area (Å²) in [6.07, 6.45) is 4.94. The highest BCUT2D eigenvalue weighted by Gasteiger charge is 2.12. The van der Waals surface area contributed by atoms with Crippen LogP contribution < -0.4 is 11.1 Å². The van der Waals surface area contributed by atoms with E-state index in [4.69, 9.17) is 5.73 Å². The average Bonchev–Trinajstić information content (AvgIpc) is 2.77. The molecule has 0 radical (unpaired) electrons. The maximum atomic E-state index is 11.5. The molecule has 1 atom stereocenters. The van der Waals surface area contributed by atoms with Crippen molar-refractivity contribution in [3.63, 3.8) is 0 Å². The second-order valence-electron chi connectivity index (χ2n) is 4.58. The van der Waals surface area contributed by atoms with Crippen molar-refractivity contribution in [2.45, 2.75) is 39.3 Å². The zero-order valence-corrected chi connectivity index (χ0v) is 10.6. The molecule has 0 fully saturated rings. The number of nitrogens with two attached hydrogens (primary N) is 1. The van der Waals surface area contributed by atoms with Gasteiger partial charge < -0.3 is 11.1 Å². The Hall–Kier alpha value is -1.36. The van der Waals surface area contributed by atoms with Crippen LogP contribution in [0.2, 0.25) is 0 Å². The highest BCUT2D eigenvalue weighted by atomic mass is 16.1. The summed E-state index contributed by atoms with van der Waals surface area (Å²) < 4.78 is 1.85. The molecular formula is C12H22N4O. The molecule has 0 saturated carbocycles. The van der Waals surface area contributed by atoms with E-state index in [0.717, 1.165) is 13.0 Å². The van der Waals surface area contributed by atoms with Crippen molar-refractivity contribution in [3.8, 4) is 0 Å². The van der Waals surface area contributed by atoms with Crippen molar-refractivity contribution in [1.82, 2.24) is 15.1 Å². The molecule has 5 nitrogen and oxygen atoms in total. The minimum Gasteiger partial charge on any atom is -0.356 e. The lowest BCUT2D eigenvalue weighted by Crippen LogP contribution is -2.35. The standard InChI is InChI=1S/C12H22N4O/c1-10(2)11(13)9-12(17)14-5-3-7-16-8-4-6-15-16/h4,6,8,10-11H,3,5,7,9,13H2,1-2H3,(H,14,17). The summed E-state index contributed by atoms with van der Waals surface area (Å²) in [4.78, 5) is 11.5. The fourth-order valence-corrected chi connectivity index (χ4v) is 1.42. The summed E-state index contributed by atoms with van der Waals surface area (Å²) in [5, 5.41) is 6.96. The van der Waals surface area contributed by atoms with Gasteiger partial charge in [-0.25, -0.2) is 0 Å². The molecule has 0 aromatic carbocycles. The smallest absolute Gasteiger partial charge is 0.221 e. The van der Waals surface area contributed by atoms with Crippen LogP contribution in [-0.2, 0) is 11.3 Å². The number of nitrogens with zero attached hydrogens (tertiary/aromatic N) is 2. The molecule has 0 saturated heterocycles. The van der Waals surface area contributed by atoms with E-state index in [1.807, 2.05) is 30.8 Å². The van der Waals surface area contributed by atoms with Crippen molar-refractivity contribution in [2.24, 2.45) is 11.7 Å². The molecule has 0 aliphatic heterocycles. The molecule has 3 N–H and O–H groups in total. The number of aromatic nitrogens is 2. The number of nitrogens with one attached hydrogen (secondary N) is 1. The first-order chi connectivity index (χ1) is 8.09. The zero-order valence-electron chi connectivity index (χ0n) is 10.6. The lowest BCUT2D eigenvalue weighted by atomic mass is 10.0. The van der Waals surface area contributed by atoms with E-state index in [1.165, 1.54) is 0 Å². The Kier molecular flexibility index (Phi) is 5.69. The van der Waals surface area contributed by atoms with Crippen molar-refractivity contribution in [3.05, 3.63) is 18.5 Å². The maximum absolute atomic E-state index is 11.5. The minimum atomic E-state index is -0.0545. The maximum Gasteiger partial charge on any atom is 0.221 e. The molecule has 0 aliphatic rings. The normalized spacial score (nSPS) is 12.7. The van der Waals surface area contributed by atoms with Gasteiger partial charge in [-0.05, 0) is 18.4 Å². The SMILES string of the molecule is CC(C)C(N)CC(=O)NCCCn1cccn1. The van der Waals surface area contributed by atoms with Gasteiger partial charge in [-0.2, -0.15) is 5.10 Å². The van der Waals surface area contributed by atoms with E-state index in [0.29, 0.717) is 18.9 Å². The second-order valence-corrected chi connectivity index (χ2v) is 4.58. The van der Waals surface area contributed by atoms with E-state index < -0.39 is 0 Å². The Balaban J connectivity index is 2.08. The van der Waals surface area contributed by atoms with Crippen LogP contribution in [0.5, 0.6) is 0 Å². The third kappa shape index (κ3) is 5.49. The van der Waals surface area contributed by atoms with Gasteiger partial charge >= 0.3 is 0 Å². The minimum absolute atomic E-state index is 0.0339. The number of carbonyl (C=O) groups excluding carboxylic acids is 1. The van der Waals surface area contributed by atoms with E-state index in [1.54, 1.807) is 6.20 Å². The van der Waals surface area contributed by atoms with Gasteiger partial charge in [0.15, 0.2) is 0 Å². The Bertz CT molecular complexity index is 321. The van der Waals surface area contributed by atoms with Gasteiger partial charge in [0.1, 0.15) is 0 Å². The Morgan fingerprint density at radius 3 is 2.88 bits per heavy atom. The van der Waals surface area contributed by atoms with Gasteiger partial charge in [0.05, 0.1) is 0 Å². The number of hydrogen-bond donors (Lipinski definition) is 2. The molecule has 1 rings (SSSR count). The van der Waals surface area contributed by atoms with Crippen molar-refractivity contribution in [1.29, 1.82) is 0 Å². The predicted octanol–water partition coefficient (Wildman–Crippen LogP) is 0.763. The Morgan fingerprint density at radius 1 is 1.53 bits per heavy atom. The van der Waals surface area contributed by atoms with Crippen LogP contribution in [0.25, 0.3) is 0 Å². The van der Waals surface area contributed by atoms with E-state index in [-0.39, 0.29) is 11.9 Å². The van der Waals surface area contributed by atoms with Gasteiger partial charge in [-0.1, -0.05) is 13.8 Å². The van der Waals surface area contributed by atoms with Crippen LogP contribution >= 0.6 is 0 Å². The largest absolute Gasteiger partial charge is 0.356 e. The zero-order chi connectivity index (χ0) is 12.7. The monoisotopic (exact) mass is 238 g/mol. The fraction of sp³-hybridized carbons (Fsp3) is 0.667. The summed E-state index contributed by atoms with van der Waals surface area (Å²) in [5.74, 6) is 0.372. The molecule has 1 heterocycles. The third-order valence-corrected chi connectivity index (χ3v) is 2.72. The molecule has 1 aromatic rings. The van der Waals surface area contributed by atoms with Crippen LogP contribution in [0.3, 0.4) is 0 Å². The van der Waals surface area contributed by atoms with Crippen LogP contribution in [-0.4, -0.2) is 28.3 Å².